The fourth-order valence-electron chi connectivity index (χ4n) is 3.22. The van der Waals surface area contributed by atoms with Crippen LogP contribution in [0.25, 0.3) is 0 Å². The predicted molar refractivity (Wildman–Crippen MR) is 102 cm³/mol. The first-order valence-corrected chi connectivity index (χ1v) is 10.5. The lowest BCUT2D eigenvalue weighted by Crippen LogP contribution is -2.44. The highest BCUT2D eigenvalue weighted by molar-refractivity contribution is 7.89. The minimum Gasteiger partial charge on any atom is -0.481 e. The maximum atomic E-state index is 12.8. The third-order valence-electron chi connectivity index (χ3n) is 4.82. The van der Waals surface area contributed by atoms with Gasteiger partial charge in [0.05, 0.1) is 10.8 Å². The fraction of sp³-hybridized carbons (Fsp3) is 0.556. The molecule has 1 aromatic carbocycles. The summed E-state index contributed by atoms with van der Waals surface area (Å²) in [6.07, 6.45) is 1.18. The number of aryl methyl sites for hydroxylation is 1. The molecule has 2 amide bonds. The van der Waals surface area contributed by atoms with E-state index in [1.54, 1.807) is 32.9 Å². The highest BCUT2D eigenvalue weighted by Crippen LogP contribution is 2.24. The van der Waals surface area contributed by atoms with Gasteiger partial charge >= 0.3 is 12.0 Å². The van der Waals surface area contributed by atoms with Gasteiger partial charge in [-0.15, -0.1) is 0 Å². The number of likely N-dealkylation sites (tertiary alicyclic amines) is 1. The summed E-state index contributed by atoms with van der Waals surface area (Å²) >= 11 is 0. The number of rotatable bonds is 6. The van der Waals surface area contributed by atoms with E-state index in [-0.39, 0.29) is 11.4 Å². The van der Waals surface area contributed by atoms with Crippen LogP contribution in [0.5, 0.6) is 0 Å². The summed E-state index contributed by atoms with van der Waals surface area (Å²) in [5, 5.41) is 11.8. The molecule has 1 aliphatic rings. The number of amides is 2. The molecule has 1 unspecified atom stereocenters. The second-order valence-electron chi connectivity index (χ2n) is 6.62. The molecule has 1 atom stereocenters. The number of carboxylic acid groups (broad SMARTS) is 1. The first-order valence-electron chi connectivity index (χ1n) is 9.10. The lowest BCUT2D eigenvalue weighted by atomic mass is 9.99. The number of hydrogen-bond acceptors (Lipinski definition) is 4. The van der Waals surface area contributed by atoms with Crippen LogP contribution in [-0.4, -0.2) is 60.9 Å². The minimum absolute atomic E-state index is 0.150. The van der Waals surface area contributed by atoms with Crippen molar-refractivity contribution in [3.8, 4) is 0 Å². The third kappa shape index (κ3) is 4.78. The Morgan fingerprint density at radius 1 is 1.30 bits per heavy atom. The van der Waals surface area contributed by atoms with E-state index in [9.17, 15) is 18.0 Å². The molecule has 1 saturated heterocycles. The van der Waals surface area contributed by atoms with Crippen LogP contribution in [0, 0.1) is 12.8 Å². The molecule has 150 valence electrons. The molecule has 0 aromatic heterocycles. The summed E-state index contributed by atoms with van der Waals surface area (Å²) in [6.45, 7) is 6.61. The van der Waals surface area contributed by atoms with Gasteiger partial charge in [-0.05, 0) is 37.5 Å². The molecule has 1 aromatic rings. The van der Waals surface area contributed by atoms with E-state index in [1.165, 1.54) is 15.3 Å². The second-order valence-corrected chi connectivity index (χ2v) is 8.53. The van der Waals surface area contributed by atoms with E-state index in [4.69, 9.17) is 5.11 Å². The number of carboxylic acids is 1. The number of piperidine rings is 1. The van der Waals surface area contributed by atoms with Crippen LogP contribution < -0.4 is 5.32 Å². The number of nitrogens with zero attached hydrogens (tertiary/aromatic N) is 2. The number of aliphatic carboxylic acids is 1. The average Bonchev–Trinajstić information content (AvgIpc) is 2.64. The molecule has 9 heteroatoms. The van der Waals surface area contributed by atoms with Crippen molar-refractivity contribution in [1.29, 1.82) is 0 Å². The molecule has 1 fully saturated rings. The van der Waals surface area contributed by atoms with Crippen LogP contribution in [0.1, 0.15) is 32.3 Å². The number of carbonyl (C=O) groups excluding carboxylic acids is 1. The number of nitrogens with one attached hydrogen (secondary N) is 1. The Hall–Kier alpha value is -2.13. The third-order valence-corrected chi connectivity index (χ3v) is 7.01. The van der Waals surface area contributed by atoms with Crippen LogP contribution in [0.2, 0.25) is 0 Å². The van der Waals surface area contributed by atoms with Crippen molar-refractivity contribution in [3.63, 3.8) is 0 Å². The standard InChI is InChI=1S/C18H27N3O5S/c1-4-21(5-2)27(25,26)16-11-15(9-8-13(16)3)19-18(24)20-10-6-7-14(12-20)17(22)23/h8-9,11,14H,4-7,10,12H2,1-3H3,(H,19,24)(H,22,23). The van der Waals surface area contributed by atoms with Gasteiger partial charge in [0.15, 0.2) is 0 Å². The molecule has 0 saturated carbocycles. The minimum atomic E-state index is -3.64. The van der Waals surface area contributed by atoms with Crippen LogP contribution in [0.3, 0.4) is 0 Å². The van der Waals surface area contributed by atoms with E-state index in [1.807, 2.05) is 0 Å². The zero-order valence-corrected chi connectivity index (χ0v) is 16.8. The molecule has 1 aliphatic heterocycles. The Morgan fingerprint density at radius 2 is 1.96 bits per heavy atom. The maximum absolute atomic E-state index is 12.8. The van der Waals surface area contributed by atoms with E-state index in [0.29, 0.717) is 43.7 Å². The van der Waals surface area contributed by atoms with E-state index < -0.39 is 27.9 Å². The molecule has 1 heterocycles. The van der Waals surface area contributed by atoms with E-state index >= 15 is 0 Å². The molecule has 8 nitrogen and oxygen atoms in total. The summed E-state index contributed by atoms with van der Waals surface area (Å²) in [5.41, 5.74) is 0.970. The highest BCUT2D eigenvalue weighted by Gasteiger charge is 2.29. The molecular formula is C18H27N3O5S. The number of benzene rings is 1. The molecule has 0 spiro atoms. The van der Waals surface area contributed by atoms with Gasteiger partial charge in [-0.25, -0.2) is 13.2 Å². The number of urea groups is 1. The summed E-state index contributed by atoms with van der Waals surface area (Å²) in [5.74, 6) is -1.48. The van der Waals surface area contributed by atoms with Crippen molar-refractivity contribution in [2.45, 2.75) is 38.5 Å². The Balaban J connectivity index is 2.21. The van der Waals surface area contributed by atoms with Crippen molar-refractivity contribution in [1.82, 2.24) is 9.21 Å². The molecule has 27 heavy (non-hydrogen) atoms. The zero-order chi connectivity index (χ0) is 20.2. The summed E-state index contributed by atoms with van der Waals surface area (Å²) in [7, 11) is -3.64. The first-order chi connectivity index (χ1) is 12.7. The Morgan fingerprint density at radius 3 is 2.56 bits per heavy atom. The number of anilines is 1. The van der Waals surface area contributed by atoms with Crippen molar-refractivity contribution in [3.05, 3.63) is 23.8 Å². The Labute approximate surface area is 160 Å². The summed E-state index contributed by atoms with van der Waals surface area (Å²) < 4.78 is 27.0. The normalized spacial score (nSPS) is 17.8. The summed E-state index contributed by atoms with van der Waals surface area (Å²) in [4.78, 5) is 25.3. The van der Waals surface area contributed by atoms with Crippen molar-refractivity contribution in [2.24, 2.45) is 5.92 Å². The zero-order valence-electron chi connectivity index (χ0n) is 15.9. The monoisotopic (exact) mass is 397 g/mol. The second kappa shape index (κ2) is 8.71. The lowest BCUT2D eigenvalue weighted by Gasteiger charge is -2.30. The smallest absolute Gasteiger partial charge is 0.321 e. The Bertz CT molecular complexity index is 805. The summed E-state index contributed by atoms with van der Waals surface area (Å²) in [6, 6.07) is 4.34. The van der Waals surface area contributed by atoms with Crippen LogP contribution in [0.4, 0.5) is 10.5 Å². The van der Waals surface area contributed by atoms with Gasteiger partial charge in [0, 0.05) is 31.9 Å². The molecule has 0 aliphatic carbocycles. The largest absolute Gasteiger partial charge is 0.481 e. The maximum Gasteiger partial charge on any atom is 0.321 e. The van der Waals surface area contributed by atoms with Crippen LogP contribution in [0.15, 0.2) is 23.1 Å². The number of sulfonamides is 1. The van der Waals surface area contributed by atoms with Gasteiger partial charge in [0.25, 0.3) is 0 Å². The van der Waals surface area contributed by atoms with Crippen molar-refractivity contribution in [2.75, 3.05) is 31.5 Å². The fourth-order valence-corrected chi connectivity index (χ4v) is 4.93. The van der Waals surface area contributed by atoms with Gasteiger partial charge in [-0.3, -0.25) is 4.79 Å². The number of hydrogen-bond donors (Lipinski definition) is 2. The Kier molecular flexibility index (Phi) is 6.83. The number of carbonyl (C=O) groups is 2. The highest BCUT2D eigenvalue weighted by atomic mass is 32.2. The molecular weight excluding hydrogens is 370 g/mol. The van der Waals surface area contributed by atoms with E-state index in [2.05, 4.69) is 5.32 Å². The van der Waals surface area contributed by atoms with Gasteiger partial charge < -0.3 is 15.3 Å². The SMILES string of the molecule is CCN(CC)S(=O)(=O)c1cc(NC(=O)N2CCCC(C(=O)O)C2)ccc1C. The van der Waals surface area contributed by atoms with Gasteiger partial charge in [-0.2, -0.15) is 4.31 Å². The van der Waals surface area contributed by atoms with E-state index in [0.717, 1.165) is 0 Å². The van der Waals surface area contributed by atoms with Crippen molar-refractivity contribution >= 4 is 27.7 Å². The molecule has 0 bridgehead atoms. The lowest BCUT2D eigenvalue weighted by molar-refractivity contribution is -0.143. The topological polar surface area (TPSA) is 107 Å². The molecule has 2 rings (SSSR count). The average molecular weight is 397 g/mol. The first kappa shape index (κ1) is 21.2. The van der Waals surface area contributed by atoms with Crippen LogP contribution in [-0.2, 0) is 14.8 Å². The van der Waals surface area contributed by atoms with Gasteiger partial charge in [0.2, 0.25) is 10.0 Å². The quantitative estimate of drug-likeness (QED) is 0.766. The predicted octanol–water partition coefficient (Wildman–Crippen LogP) is 2.35. The van der Waals surface area contributed by atoms with Gasteiger partial charge in [0.1, 0.15) is 0 Å². The van der Waals surface area contributed by atoms with Crippen molar-refractivity contribution < 1.29 is 23.1 Å². The molecule has 0 radical (unpaired) electrons. The van der Waals surface area contributed by atoms with Gasteiger partial charge in [-0.1, -0.05) is 19.9 Å². The van der Waals surface area contributed by atoms with Crippen LogP contribution >= 0.6 is 0 Å². The molecule has 2 N–H and O–H groups in total.